The highest BCUT2D eigenvalue weighted by Crippen LogP contribution is 2.35. The molecule has 0 saturated heterocycles. The van der Waals surface area contributed by atoms with E-state index in [-0.39, 0.29) is 17.7 Å². The van der Waals surface area contributed by atoms with Crippen LogP contribution in [0.3, 0.4) is 0 Å². The first kappa shape index (κ1) is 18.9. The Bertz CT molecular complexity index is 994. The number of carbonyl (C=O) groups excluding carboxylic acids is 2. The van der Waals surface area contributed by atoms with Gasteiger partial charge in [0.15, 0.2) is 0 Å². The van der Waals surface area contributed by atoms with Crippen molar-refractivity contribution in [3.8, 4) is 5.75 Å². The first-order valence-corrected chi connectivity index (χ1v) is 9.69. The number of anilines is 1. The molecule has 0 radical (unpaired) electrons. The van der Waals surface area contributed by atoms with Crippen LogP contribution < -0.4 is 15.4 Å². The summed E-state index contributed by atoms with van der Waals surface area (Å²) in [6, 6.07) is 17.0. The highest BCUT2D eigenvalue weighted by Gasteiger charge is 2.34. The molecule has 2 aliphatic heterocycles. The average molecular weight is 389 g/mol. The van der Waals surface area contributed by atoms with Gasteiger partial charge in [-0.25, -0.2) is 0 Å². The molecule has 2 aromatic carbocycles. The topological polar surface area (TPSA) is 85.0 Å². The molecule has 2 aromatic rings. The number of hydrogen-bond donors (Lipinski definition) is 1. The van der Waals surface area contributed by atoms with E-state index in [1.54, 1.807) is 12.0 Å². The Kier molecular flexibility index (Phi) is 5.16. The van der Waals surface area contributed by atoms with Crippen molar-refractivity contribution in [2.75, 3.05) is 18.6 Å². The Morgan fingerprint density at radius 3 is 2.45 bits per heavy atom. The maximum atomic E-state index is 13.3. The Hall–Kier alpha value is -3.41. The molecule has 0 bridgehead atoms. The smallest absolute Gasteiger partial charge is 0.267 e. The Morgan fingerprint density at radius 1 is 1.07 bits per heavy atom. The summed E-state index contributed by atoms with van der Waals surface area (Å²) in [6.07, 6.45) is 1.75. The third-order valence-electron chi connectivity index (χ3n) is 5.49. The Balaban J connectivity index is 1.67. The van der Waals surface area contributed by atoms with E-state index in [0.717, 1.165) is 17.0 Å². The predicted molar refractivity (Wildman–Crippen MR) is 112 cm³/mol. The van der Waals surface area contributed by atoms with Crippen molar-refractivity contribution in [1.82, 2.24) is 0 Å². The lowest BCUT2D eigenvalue weighted by atomic mass is 9.91. The molecule has 2 N–H and O–H groups in total. The molecule has 1 atom stereocenters. The second kappa shape index (κ2) is 7.91. The molecule has 0 spiro atoms. The summed E-state index contributed by atoms with van der Waals surface area (Å²) in [6.45, 7) is 0.501. The minimum atomic E-state index is -0.584. The molecule has 29 heavy (non-hydrogen) atoms. The molecule has 2 aliphatic rings. The normalized spacial score (nSPS) is 19.3. The predicted octanol–water partition coefficient (Wildman–Crippen LogP) is 3.19. The summed E-state index contributed by atoms with van der Waals surface area (Å²) in [5, 5.41) is 0. The SMILES string of the molecule is COc1ccc(C2CCC3=C(CCN(c4ccccc4)C3=O)C(C(N)=O)=N2)cc1. The van der Waals surface area contributed by atoms with E-state index < -0.39 is 5.91 Å². The minimum Gasteiger partial charge on any atom is -0.497 e. The molecule has 6 heteroatoms. The van der Waals surface area contributed by atoms with E-state index >= 15 is 0 Å². The van der Waals surface area contributed by atoms with Crippen LogP contribution in [0.15, 0.2) is 70.7 Å². The van der Waals surface area contributed by atoms with Crippen LogP contribution in [0.5, 0.6) is 5.75 Å². The number of methoxy groups -OCH3 is 1. The fourth-order valence-corrected chi connectivity index (χ4v) is 4.00. The van der Waals surface area contributed by atoms with E-state index in [1.807, 2.05) is 54.6 Å². The Morgan fingerprint density at radius 2 is 1.79 bits per heavy atom. The quantitative estimate of drug-likeness (QED) is 0.871. The summed E-state index contributed by atoms with van der Waals surface area (Å²) in [5.74, 6) is 0.105. The summed E-state index contributed by atoms with van der Waals surface area (Å²) >= 11 is 0. The number of nitrogens with two attached hydrogens (primary N) is 1. The number of carbonyl (C=O) groups is 2. The number of amides is 2. The van der Waals surface area contributed by atoms with Crippen molar-refractivity contribution in [1.29, 1.82) is 0 Å². The van der Waals surface area contributed by atoms with Gasteiger partial charge in [0.05, 0.1) is 13.2 Å². The summed E-state index contributed by atoms with van der Waals surface area (Å²) in [5.41, 5.74) is 9.08. The second-order valence-corrected chi connectivity index (χ2v) is 7.17. The van der Waals surface area contributed by atoms with Crippen LogP contribution in [0.2, 0.25) is 0 Å². The van der Waals surface area contributed by atoms with Crippen molar-refractivity contribution < 1.29 is 14.3 Å². The summed E-state index contributed by atoms with van der Waals surface area (Å²) in [7, 11) is 1.62. The molecule has 6 nitrogen and oxygen atoms in total. The van der Waals surface area contributed by atoms with Gasteiger partial charge < -0.3 is 15.4 Å². The molecule has 2 amide bonds. The van der Waals surface area contributed by atoms with Crippen LogP contribution >= 0.6 is 0 Å². The van der Waals surface area contributed by atoms with Crippen LogP contribution in [-0.4, -0.2) is 31.2 Å². The van der Waals surface area contributed by atoms with Crippen molar-refractivity contribution in [3.63, 3.8) is 0 Å². The fraction of sp³-hybridized carbons (Fsp3) is 0.261. The average Bonchev–Trinajstić information content (AvgIpc) is 2.95. The van der Waals surface area contributed by atoms with Gasteiger partial charge in [-0.05, 0) is 54.7 Å². The maximum Gasteiger partial charge on any atom is 0.267 e. The number of hydrogen-bond acceptors (Lipinski definition) is 4. The highest BCUT2D eigenvalue weighted by atomic mass is 16.5. The molecular formula is C23H23N3O3. The minimum absolute atomic E-state index is 0.0678. The maximum absolute atomic E-state index is 13.3. The van der Waals surface area contributed by atoms with Gasteiger partial charge in [0, 0.05) is 17.8 Å². The third kappa shape index (κ3) is 3.66. The molecule has 0 aromatic heterocycles. The molecular weight excluding hydrogens is 366 g/mol. The molecule has 0 aliphatic carbocycles. The van der Waals surface area contributed by atoms with E-state index in [2.05, 4.69) is 0 Å². The molecule has 1 unspecified atom stereocenters. The monoisotopic (exact) mass is 389 g/mol. The number of para-hydroxylation sites is 1. The summed E-state index contributed by atoms with van der Waals surface area (Å²) < 4.78 is 5.22. The summed E-state index contributed by atoms with van der Waals surface area (Å²) in [4.78, 5) is 31.9. The largest absolute Gasteiger partial charge is 0.497 e. The number of benzene rings is 2. The van der Waals surface area contributed by atoms with Gasteiger partial charge >= 0.3 is 0 Å². The van der Waals surface area contributed by atoms with Crippen molar-refractivity contribution in [2.45, 2.75) is 25.3 Å². The lowest BCUT2D eigenvalue weighted by Gasteiger charge is -2.30. The van der Waals surface area contributed by atoms with Crippen LogP contribution in [0.1, 0.15) is 30.9 Å². The number of ether oxygens (including phenoxy) is 1. The van der Waals surface area contributed by atoms with Crippen LogP contribution in [0, 0.1) is 0 Å². The Labute approximate surface area is 169 Å². The second-order valence-electron chi connectivity index (χ2n) is 7.17. The highest BCUT2D eigenvalue weighted by molar-refractivity contribution is 6.46. The molecule has 0 fully saturated rings. The van der Waals surface area contributed by atoms with Gasteiger partial charge in [0.25, 0.3) is 11.8 Å². The third-order valence-corrected chi connectivity index (χ3v) is 5.49. The number of primary amides is 1. The molecule has 148 valence electrons. The number of aliphatic imine (C=N–C) groups is 1. The van der Waals surface area contributed by atoms with E-state index in [4.69, 9.17) is 15.5 Å². The fourth-order valence-electron chi connectivity index (χ4n) is 4.00. The van der Waals surface area contributed by atoms with Crippen molar-refractivity contribution in [2.24, 2.45) is 10.7 Å². The van der Waals surface area contributed by atoms with E-state index in [9.17, 15) is 9.59 Å². The standard InChI is InChI=1S/C23H23N3O3/c1-29-17-9-7-15(8-10-17)20-12-11-19-18(21(25-20)22(24)27)13-14-26(23(19)28)16-5-3-2-4-6-16/h2-10,20H,11-14H2,1H3,(H2,24,27). The van der Waals surface area contributed by atoms with Gasteiger partial charge in [-0.2, -0.15) is 0 Å². The van der Waals surface area contributed by atoms with Gasteiger partial charge in [-0.1, -0.05) is 30.3 Å². The first-order valence-electron chi connectivity index (χ1n) is 9.69. The molecule has 4 rings (SSSR count). The lowest BCUT2D eigenvalue weighted by Crippen LogP contribution is -2.40. The van der Waals surface area contributed by atoms with Gasteiger partial charge in [0.1, 0.15) is 11.5 Å². The van der Waals surface area contributed by atoms with Crippen LogP contribution in [0.25, 0.3) is 0 Å². The van der Waals surface area contributed by atoms with Crippen molar-refractivity contribution >= 4 is 23.2 Å². The van der Waals surface area contributed by atoms with Crippen LogP contribution in [-0.2, 0) is 9.59 Å². The molecule has 0 saturated carbocycles. The van der Waals surface area contributed by atoms with E-state index in [1.165, 1.54) is 0 Å². The first-order chi connectivity index (χ1) is 14.1. The van der Waals surface area contributed by atoms with Gasteiger partial charge in [-0.15, -0.1) is 0 Å². The number of nitrogens with zero attached hydrogens (tertiary/aromatic N) is 2. The van der Waals surface area contributed by atoms with Crippen LogP contribution in [0.4, 0.5) is 5.69 Å². The zero-order chi connectivity index (χ0) is 20.4. The lowest BCUT2D eigenvalue weighted by molar-refractivity contribution is -0.115. The number of rotatable bonds is 4. The van der Waals surface area contributed by atoms with Crippen molar-refractivity contribution in [3.05, 3.63) is 71.3 Å². The molecule has 2 heterocycles. The van der Waals surface area contributed by atoms with Gasteiger partial charge in [-0.3, -0.25) is 14.6 Å². The van der Waals surface area contributed by atoms with Gasteiger partial charge in [0.2, 0.25) is 0 Å². The zero-order valence-electron chi connectivity index (χ0n) is 16.3. The van der Waals surface area contributed by atoms with E-state index in [0.29, 0.717) is 37.0 Å². The zero-order valence-corrected chi connectivity index (χ0v) is 16.3.